The van der Waals surface area contributed by atoms with Gasteiger partial charge in [0.05, 0.1) is 5.69 Å². The minimum atomic E-state index is -4.83. The molecule has 0 spiro atoms. The number of ether oxygens (including phenoxy) is 1. The van der Waals surface area contributed by atoms with Gasteiger partial charge in [0.2, 0.25) is 0 Å². The molecule has 4 nitrogen and oxygen atoms in total. The highest BCUT2D eigenvalue weighted by Crippen LogP contribution is 2.29. The number of urea groups is 1. The maximum atomic E-state index is 12.4. The van der Waals surface area contributed by atoms with Gasteiger partial charge in [0.25, 0.3) is 0 Å². The first kappa shape index (κ1) is 17.7. The third kappa shape index (κ3) is 5.49. The average Bonchev–Trinajstić information content (AvgIpc) is 2.45. The predicted molar refractivity (Wildman–Crippen MR) is 84.9 cm³/mol. The van der Waals surface area contributed by atoms with Crippen molar-refractivity contribution < 1.29 is 22.7 Å². The van der Waals surface area contributed by atoms with E-state index in [1.165, 1.54) is 18.2 Å². The first-order valence-electron chi connectivity index (χ1n) is 7.20. The summed E-state index contributed by atoms with van der Waals surface area (Å²) in [5, 5.41) is 4.96. The number of amides is 2. The van der Waals surface area contributed by atoms with Crippen LogP contribution in [0.15, 0.2) is 42.5 Å². The zero-order valence-corrected chi connectivity index (χ0v) is 13.2. The van der Waals surface area contributed by atoms with Gasteiger partial charge in [-0.1, -0.05) is 41.5 Å². The Balaban J connectivity index is 2.00. The number of nitrogens with one attached hydrogen (secondary N) is 2. The molecule has 0 aromatic heterocycles. The topological polar surface area (TPSA) is 50.4 Å². The van der Waals surface area contributed by atoms with Crippen LogP contribution in [0.25, 0.3) is 0 Å². The lowest BCUT2D eigenvalue weighted by atomic mass is 10.1. The number of anilines is 1. The van der Waals surface area contributed by atoms with E-state index in [1.54, 1.807) is 0 Å². The number of hydrogen-bond donors (Lipinski definition) is 2. The van der Waals surface area contributed by atoms with Crippen LogP contribution in [0.2, 0.25) is 0 Å². The van der Waals surface area contributed by atoms with Crippen LogP contribution in [0.5, 0.6) is 5.75 Å². The minimum absolute atomic E-state index is 0.0623. The number of carbonyl (C=O) groups is 1. The summed E-state index contributed by atoms with van der Waals surface area (Å²) in [4.78, 5) is 11.9. The van der Waals surface area contributed by atoms with Crippen LogP contribution in [0.3, 0.4) is 0 Å². The molecule has 0 bridgehead atoms. The monoisotopic (exact) mass is 338 g/mol. The van der Waals surface area contributed by atoms with Crippen molar-refractivity contribution in [2.45, 2.75) is 26.8 Å². The molecule has 2 rings (SSSR count). The summed E-state index contributed by atoms with van der Waals surface area (Å²) >= 11 is 0. The second-order valence-electron chi connectivity index (χ2n) is 5.35. The Morgan fingerprint density at radius 1 is 1.08 bits per heavy atom. The van der Waals surface area contributed by atoms with Gasteiger partial charge in [0.15, 0.2) is 5.75 Å². The molecule has 2 amide bonds. The Kier molecular flexibility index (Phi) is 5.33. The van der Waals surface area contributed by atoms with E-state index in [2.05, 4.69) is 15.4 Å². The fraction of sp³-hybridized carbons (Fsp3) is 0.235. The number of alkyl halides is 3. The predicted octanol–water partition coefficient (Wildman–Crippen LogP) is 4.52. The summed E-state index contributed by atoms with van der Waals surface area (Å²) in [6.07, 6.45) is -4.83. The molecule has 0 aliphatic rings. The van der Waals surface area contributed by atoms with E-state index in [4.69, 9.17) is 0 Å². The molecule has 7 heteroatoms. The Bertz CT molecular complexity index is 710. The molecule has 0 fully saturated rings. The van der Waals surface area contributed by atoms with Crippen LogP contribution in [-0.2, 0) is 6.54 Å². The normalized spacial score (nSPS) is 11.0. The molecule has 0 atom stereocenters. The molecule has 2 aromatic carbocycles. The molecule has 2 aromatic rings. The van der Waals surface area contributed by atoms with Gasteiger partial charge in [-0.05, 0) is 31.5 Å². The molecule has 0 saturated carbocycles. The van der Waals surface area contributed by atoms with E-state index in [1.807, 2.05) is 32.0 Å². The Morgan fingerprint density at radius 3 is 2.33 bits per heavy atom. The maximum Gasteiger partial charge on any atom is 0.573 e. The molecule has 0 aliphatic heterocycles. The molecule has 0 aliphatic carbocycles. The lowest BCUT2D eigenvalue weighted by Crippen LogP contribution is -2.29. The van der Waals surface area contributed by atoms with Gasteiger partial charge < -0.3 is 15.4 Å². The summed E-state index contributed by atoms with van der Waals surface area (Å²) in [5.74, 6) is -0.466. The number of carbonyl (C=O) groups excluding carboxylic acids is 1. The van der Waals surface area contributed by atoms with Crippen molar-refractivity contribution in [2.75, 3.05) is 5.32 Å². The van der Waals surface area contributed by atoms with Gasteiger partial charge in [0, 0.05) is 6.54 Å². The first-order chi connectivity index (χ1) is 11.2. The lowest BCUT2D eigenvalue weighted by molar-refractivity contribution is -0.274. The number of rotatable bonds is 4. The smallest absolute Gasteiger partial charge is 0.404 e. The van der Waals surface area contributed by atoms with E-state index in [0.717, 1.165) is 22.8 Å². The molecular weight excluding hydrogens is 321 g/mol. The van der Waals surface area contributed by atoms with Crippen LogP contribution in [0.1, 0.15) is 16.7 Å². The summed E-state index contributed by atoms with van der Waals surface area (Å²) in [6.45, 7) is 4.15. The Hall–Kier alpha value is -2.70. The van der Waals surface area contributed by atoms with Crippen molar-refractivity contribution in [3.8, 4) is 5.75 Å². The van der Waals surface area contributed by atoms with Crippen LogP contribution >= 0.6 is 0 Å². The SMILES string of the molecule is Cc1cc(C)cc(CNC(=O)Nc2ccccc2OC(F)(F)F)c1. The number of halogens is 3. The van der Waals surface area contributed by atoms with Crippen molar-refractivity contribution in [3.63, 3.8) is 0 Å². The molecule has 0 unspecified atom stereocenters. The highest BCUT2D eigenvalue weighted by atomic mass is 19.4. The Morgan fingerprint density at radius 2 is 1.71 bits per heavy atom. The number of hydrogen-bond acceptors (Lipinski definition) is 2. The summed E-state index contributed by atoms with van der Waals surface area (Å²) in [6, 6.07) is 10.6. The van der Waals surface area contributed by atoms with Crippen LogP contribution < -0.4 is 15.4 Å². The molecule has 0 heterocycles. The van der Waals surface area contributed by atoms with Crippen LogP contribution in [0.4, 0.5) is 23.7 Å². The van der Waals surface area contributed by atoms with Gasteiger partial charge >= 0.3 is 12.4 Å². The zero-order valence-electron chi connectivity index (χ0n) is 13.2. The molecule has 2 N–H and O–H groups in total. The average molecular weight is 338 g/mol. The molecule has 128 valence electrons. The quantitative estimate of drug-likeness (QED) is 0.861. The number of aryl methyl sites for hydroxylation is 2. The van der Waals surface area contributed by atoms with Crippen molar-refractivity contribution in [3.05, 3.63) is 59.2 Å². The number of para-hydroxylation sites is 2. The van der Waals surface area contributed by atoms with E-state index >= 15 is 0 Å². The fourth-order valence-electron chi connectivity index (χ4n) is 2.30. The van der Waals surface area contributed by atoms with Crippen molar-refractivity contribution in [2.24, 2.45) is 0 Å². The van der Waals surface area contributed by atoms with E-state index < -0.39 is 18.1 Å². The first-order valence-corrected chi connectivity index (χ1v) is 7.20. The van der Waals surface area contributed by atoms with Crippen molar-refractivity contribution in [1.29, 1.82) is 0 Å². The fourth-order valence-corrected chi connectivity index (χ4v) is 2.30. The highest BCUT2D eigenvalue weighted by molar-refractivity contribution is 5.90. The molecular formula is C17H17F3N2O2. The zero-order chi connectivity index (χ0) is 17.7. The lowest BCUT2D eigenvalue weighted by Gasteiger charge is -2.14. The van der Waals surface area contributed by atoms with Gasteiger partial charge in [-0.2, -0.15) is 0 Å². The number of benzene rings is 2. The third-order valence-corrected chi connectivity index (χ3v) is 3.10. The van der Waals surface area contributed by atoms with Crippen LogP contribution in [0, 0.1) is 13.8 Å². The summed E-state index contributed by atoms with van der Waals surface area (Å²) in [7, 11) is 0. The van der Waals surface area contributed by atoms with Gasteiger partial charge in [0.1, 0.15) is 0 Å². The maximum absolute atomic E-state index is 12.4. The minimum Gasteiger partial charge on any atom is -0.404 e. The van der Waals surface area contributed by atoms with Gasteiger partial charge in [-0.15, -0.1) is 13.2 Å². The summed E-state index contributed by atoms with van der Waals surface area (Å²) < 4.78 is 40.9. The largest absolute Gasteiger partial charge is 0.573 e. The molecule has 0 saturated heterocycles. The highest BCUT2D eigenvalue weighted by Gasteiger charge is 2.32. The van der Waals surface area contributed by atoms with Crippen LogP contribution in [-0.4, -0.2) is 12.4 Å². The van der Waals surface area contributed by atoms with E-state index in [0.29, 0.717) is 0 Å². The third-order valence-electron chi connectivity index (χ3n) is 3.10. The van der Waals surface area contributed by atoms with Crippen molar-refractivity contribution >= 4 is 11.7 Å². The Labute approximate surface area is 137 Å². The second kappa shape index (κ2) is 7.25. The summed E-state index contributed by atoms with van der Waals surface area (Å²) in [5.41, 5.74) is 2.97. The van der Waals surface area contributed by atoms with Gasteiger partial charge in [-0.25, -0.2) is 4.79 Å². The van der Waals surface area contributed by atoms with Crippen molar-refractivity contribution in [1.82, 2.24) is 5.32 Å². The van der Waals surface area contributed by atoms with E-state index in [9.17, 15) is 18.0 Å². The molecule has 24 heavy (non-hydrogen) atoms. The molecule has 0 radical (unpaired) electrons. The van der Waals surface area contributed by atoms with E-state index in [-0.39, 0.29) is 12.2 Å². The standard InChI is InChI=1S/C17H17F3N2O2/c1-11-7-12(2)9-13(8-11)10-21-16(23)22-14-5-3-4-6-15(14)24-17(18,19)20/h3-9H,10H2,1-2H3,(H2,21,22,23). The second-order valence-corrected chi connectivity index (χ2v) is 5.35. The van der Waals surface area contributed by atoms with Gasteiger partial charge in [-0.3, -0.25) is 0 Å².